The third-order valence-electron chi connectivity index (χ3n) is 3.81. The maximum absolute atomic E-state index is 12.7. The number of carbonyl (C=O) groups excluding carboxylic acids is 1. The van der Waals surface area contributed by atoms with Crippen molar-refractivity contribution >= 4 is 27.1 Å². The van der Waals surface area contributed by atoms with Gasteiger partial charge >= 0.3 is 0 Å². The Kier molecular flexibility index (Phi) is 4.13. The second kappa shape index (κ2) is 5.55. The van der Waals surface area contributed by atoms with Crippen molar-refractivity contribution < 1.29 is 13.2 Å². The molecule has 116 valence electrons. The lowest BCUT2D eigenvalue weighted by Gasteiger charge is -2.26. The Morgan fingerprint density at radius 1 is 1.29 bits per heavy atom. The highest BCUT2D eigenvalue weighted by molar-refractivity contribution is 7.91. The summed E-state index contributed by atoms with van der Waals surface area (Å²) in [5, 5.41) is 0. The fourth-order valence-corrected chi connectivity index (χ4v) is 4.33. The molecule has 1 unspecified atom stereocenters. The number of amides is 1. The molecule has 0 aromatic heterocycles. The molecule has 2 rings (SSSR count). The van der Waals surface area contributed by atoms with Gasteiger partial charge in [-0.2, -0.15) is 0 Å². The number of anilines is 2. The molecule has 1 fully saturated rings. The van der Waals surface area contributed by atoms with Crippen LogP contribution in [0, 0.1) is 0 Å². The normalized spacial score (nSPS) is 20.2. The van der Waals surface area contributed by atoms with Crippen LogP contribution < -0.4 is 10.6 Å². The minimum atomic E-state index is -3.02. The number of nitrogens with zero attached hydrogens (tertiary/aromatic N) is 2. The minimum Gasteiger partial charge on any atom is -0.399 e. The van der Waals surface area contributed by atoms with Gasteiger partial charge in [-0.1, -0.05) is 0 Å². The van der Waals surface area contributed by atoms with Crippen LogP contribution in [0.4, 0.5) is 11.4 Å². The Bertz CT molecular complexity index is 655. The summed E-state index contributed by atoms with van der Waals surface area (Å²) in [7, 11) is 2.33. The first-order valence-electron chi connectivity index (χ1n) is 6.76. The van der Waals surface area contributed by atoms with Crippen molar-refractivity contribution in [2.24, 2.45) is 0 Å². The van der Waals surface area contributed by atoms with Crippen molar-refractivity contribution in [3.8, 4) is 0 Å². The van der Waals surface area contributed by atoms with E-state index < -0.39 is 9.84 Å². The highest BCUT2D eigenvalue weighted by Crippen LogP contribution is 2.25. The van der Waals surface area contributed by atoms with E-state index in [-0.39, 0.29) is 23.5 Å². The van der Waals surface area contributed by atoms with Gasteiger partial charge in [-0.05, 0) is 24.6 Å². The molecule has 0 bridgehead atoms. The fraction of sp³-hybridized carbons (Fsp3) is 0.500. The summed E-state index contributed by atoms with van der Waals surface area (Å²) in [4.78, 5) is 16.0. The molecule has 0 aliphatic carbocycles. The smallest absolute Gasteiger partial charge is 0.256 e. The molecule has 0 radical (unpaired) electrons. The average molecular weight is 311 g/mol. The number of nitrogen functional groups attached to an aromatic ring is 1. The second-order valence-corrected chi connectivity index (χ2v) is 7.87. The highest BCUT2D eigenvalue weighted by Gasteiger charge is 2.33. The molecular formula is C14H21N3O3S. The van der Waals surface area contributed by atoms with E-state index in [4.69, 9.17) is 5.73 Å². The first kappa shape index (κ1) is 15.6. The summed E-state index contributed by atoms with van der Waals surface area (Å²) >= 11 is 0. The quantitative estimate of drug-likeness (QED) is 0.826. The zero-order valence-corrected chi connectivity index (χ0v) is 13.4. The highest BCUT2D eigenvalue weighted by atomic mass is 32.2. The van der Waals surface area contributed by atoms with Gasteiger partial charge in [-0.25, -0.2) is 8.42 Å². The van der Waals surface area contributed by atoms with Gasteiger partial charge in [0.25, 0.3) is 5.91 Å². The molecule has 1 aliphatic rings. The van der Waals surface area contributed by atoms with Crippen LogP contribution in [0.2, 0.25) is 0 Å². The summed E-state index contributed by atoms with van der Waals surface area (Å²) in [6.07, 6.45) is 0.490. The largest absolute Gasteiger partial charge is 0.399 e. The molecule has 1 saturated heterocycles. The molecule has 1 aromatic rings. The van der Waals surface area contributed by atoms with Gasteiger partial charge in [0.1, 0.15) is 0 Å². The van der Waals surface area contributed by atoms with E-state index in [0.29, 0.717) is 17.7 Å². The maximum atomic E-state index is 12.7. The van der Waals surface area contributed by atoms with Gasteiger partial charge in [0, 0.05) is 38.6 Å². The molecule has 1 aliphatic heterocycles. The number of carbonyl (C=O) groups is 1. The molecule has 1 aromatic carbocycles. The number of sulfone groups is 1. The van der Waals surface area contributed by atoms with E-state index in [1.165, 1.54) is 4.90 Å². The molecule has 7 heteroatoms. The van der Waals surface area contributed by atoms with Crippen molar-refractivity contribution in [2.45, 2.75) is 12.5 Å². The van der Waals surface area contributed by atoms with Crippen LogP contribution in [0.1, 0.15) is 16.8 Å². The topological polar surface area (TPSA) is 83.7 Å². The van der Waals surface area contributed by atoms with Gasteiger partial charge in [-0.15, -0.1) is 0 Å². The Hall–Kier alpha value is -1.76. The standard InChI is InChI=1S/C14H21N3O3S/c1-16(2)13-5-4-10(15)8-12(13)14(18)17(3)11-6-7-21(19,20)9-11/h4-5,8,11H,6-7,9,15H2,1-3H3. The van der Waals surface area contributed by atoms with Crippen LogP contribution in [0.5, 0.6) is 0 Å². The molecule has 1 amide bonds. The number of benzene rings is 1. The van der Waals surface area contributed by atoms with E-state index >= 15 is 0 Å². The predicted octanol–water partition coefficient (Wildman–Crippen LogP) is 0.594. The molecule has 21 heavy (non-hydrogen) atoms. The molecule has 0 spiro atoms. The number of hydrogen-bond acceptors (Lipinski definition) is 5. The van der Waals surface area contributed by atoms with Crippen molar-refractivity contribution in [1.82, 2.24) is 4.90 Å². The first-order valence-corrected chi connectivity index (χ1v) is 8.58. The van der Waals surface area contributed by atoms with Crippen molar-refractivity contribution in [3.05, 3.63) is 23.8 Å². The van der Waals surface area contributed by atoms with Gasteiger partial charge in [0.15, 0.2) is 9.84 Å². The third-order valence-corrected chi connectivity index (χ3v) is 5.56. The van der Waals surface area contributed by atoms with E-state index in [2.05, 4.69) is 0 Å². The Balaban J connectivity index is 2.30. The van der Waals surface area contributed by atoms with Crippen LogP contribution in [-0.4, -0.2) is 57.9 Å². The zero-order chi connectivity index (χ0) is 15.8. The van der Waals surface area contributed by atoms with Gasteiger partial charge in [0.05, 0.1) is 17.1 Å². The SMILES string of the molecule is CN(C)c1ccc(N)cc1C(=O)N(C)C1CCS(=O)(=O)C1. The monoisotopic (exact) mass is 311 g/mol. The predicted molar refractivity (Wildman–Crippen MR) is 84.3 cm³/mol. The Morgan fingerprint density at radius 2 is 1.95 bits per heavy atom. The van der Waals surface area contributed by atoms with Crippen LogP contribution in [0.3, 0.4) is 0 Å². The van der Waals surface area contributed by atoms with Crippen molar-refractivity contribution in [3.63, 3.8) is 0 Å². The fourth-order valence-electron chi connectivity index (χ4n) is 2.55. The van der Waals surface area contributed by atoms with E-state index in [1.54, 1.807) is 25.2 Å². The third kappa shape index (κ3) is 3.29. The number of rotatable bonds is 3. The lowest BCUT2D eigenvalue weighted by molar-refractivity contribution is 0.0748. The average Bonchev–Trinajstić information content (AvgIpc) is 2.77. The zero-order valence-electron chi connectivity index (χ0n) is 12.5. The van der Waals surface area contributed by atoms with Gasteiger partial charge < -0.3 is 15.5 Å². The molecule has 1 atom stereocenters. The second-order valence-electron chi connectivity index (χ2n) is 5.64. The maximum Gasteiger partial charge on any atom is 0.256 e. The lowest BCUT2D eigenvalue weighted by Crippen LogP contribution is -2.38. The molecule has 1 heterocycles. The molecular weight excluding hydrogens is 290 g/mol. The van der Waals surface area contributed by atoms with Crippen LogP contribution in [0.15, 0.2) is 18.2 Å². The van der Waals surface area contributed by atoms with Crippen LogP contribution in [-0.2, 0) is 9.84 Å². The van der Waals surface area contributed by atoms with Crippen LogP contribution >= 0.6 is 0 Å². The Labute approximate surface area is 125 Å². The van der Waals surface area contributed by atoms with E-state index in [0.717, 1.165) is 5.69 Å². The lowest BCUT2D eigenvalue weighted by atomic mass is 10.1. The summed E-state index contributed by atoms with van der Waals surface area (Å²) in [6, 6.07) is 4.91. The number of nitrogens with two attached hydrogens (primary N) is 1. The van der Waals surface area contributed by atoms with Gasteiger partial charge in [0.2, 0.25) is 0 Å². The molecule has 6 nitrogen and oxygen atoms in total. The Morgan fingerprint density at radius 3 is 2.48 bits per heavy atom. The summed E-state index contributed by atoms with van der Waals surface area (Å²) < 4.78 is 23.1. The first-order chi connectivity index (χ1) is 9.71. The molecule has 0 saturated carbocycles. The van der Waals surface area contributed by atoms with E-state index in [9.17, 15) is 13.2 Å². The summed E-state index contributed by atoms with van der Waals surface area (Å²) in [5.74, 6) is -0.0187. The van der Waals surface area contributed by atoms with Gasteiger partial charge in [-0.3, -0.25) is 4.79 Å². The minimum absolute atomic E-state index is 0.0366. The van der Waals surface area contributed by atoms with Crippen molar-refractivity contribution in [2.75, 3.05) is 43.3 Å². The number of hydrogen-bond donors (Lipinski definition) is 1. The van der Waals surface area contributed by atoms with Crippen LogP contribution in [0.25, 0.3) is 0 Å². The summed E-state index contributed by atoms with van der Waals surface area (Å²) in [6.45, 7) is 0. The van der Waals surface area contributed by atoms with Crippen molar-refractivity contribution in [1.29, 1.82) is 0 Å². The van der Waals surface area contributed by atoms with E-state index in [1.807, 2.05) is 19.0 Å². The molecule has 2 N–H and O–H groups in total. The summed E-state index contributed by atoms with van der Waals surface area (Å²) in [5.41, 5.74) is 7.55.